The number of hydrogen-bond acceptors (Lipinski definition) is 3. The number of thioether (sulfide) groups is 1. The summed E-state index contributed by atoms with van der Waals surface area (Å²) in [7, 11) is 0. The molecule has 0 heterocycles. The standard InChI is InChI=1S/C21H25NO3S/c1-21(2,3)16-11-9-15(10-12-16)18(13-20(24)25)22-19(23)14-26-17-7-5-4-6-8-17/h4-12,18H,13-14H2,1-3H3,(H,22,23)(H,24,25)/t18-/m1/s1. The summed E-state index contributed by atoms with van der Waals surface area (Å²) in [5, 5.41) is 12.0. The largest absolute Gasteiger partial charge is 0.481 e. The Labute approximate surface area is 159 Å². The molecule has 2 aromatic carbocycles. The van der Waals surface area contributed by atoms with E-state index in [1.165, 1.54) is 17.3 Å². The van der Waals surface area contributed by atoms with Gasteiger partial charge in [0.25, 0.3) is 0 Å². The third-order valence-corrected chi connectivity index (χ3v) is 5.02. The first-order chi connectivity index (χ1) is 12.3. The van der Waals surface area contributed by atoms with Crippen molar-refractivity contribution in [2.45, 2.75) is 43.5 Å². The molecule has 5 heteroatoms. The summed E-state index contributed by atoms with van der Waals surface area (Å²) in [5.74, 6) is -0.865. The van der Waals surface area contributed by atoms with Crippen LogP contribution in [0.3, 0.4) is 0 Å². The molecule has 0 unspecified atom stereocenters. The van der Waals surface area contributed by atoms with Gasteiger partial charge < -0.3 is 10.4 Å². The van der Waals surface area contributed by atoms with Gasteiger partial charge in [0.2, 0.25) is 5.91 Å². The predicted octanol–water partition coefficient (Wildman–Crippen LogP) is 4.41. The van der Waals surface area contributed by atoms with Crippen molar-refractivity contribution in [2.24, 2.45) is 0 Å². The zero-order chi connectivity index (χ0) is 19.2. The van der Waals surface area contributed by atoms with Crippen molar-refractivity contribution in [1.29, 1.82) is 0 Å². The molecule has 0 aliphatic carbocycles. The Bertz CT molecular complexity index is 736. The van der Waals surface area contributed by atoms with E-state index in [0.29, 0.717) is 0 Å². The molecule has 0 fully saturated rings. The van der Waals surface area contributed by atoms with E-state index in [0.717, 1.165) is 10.5 Å². The van der Waals surface area contributed by atoms with Gasteiger partial charge in [0, 0.05) is 4.90 Å². The van der Waals surface area contributed by atoms with E-state index < -0.39 is 12.0 Å². The lowest BCUT2D eigenvalue weighted by Crippen LogP contribution is -2.31. The molecule has 0 bridgehead atoms. The zero-order valence-electron chi connectivity index (χ0n) is 15.4. The lowest BCUT2D eigenvalue weighted by molar-refractivity contribution is -0.137. The van der Waals surface area contributed by atoms with Crippen molar-refractivity contribution >= 4 is 23.6 Å². The molecule has 1 atom stereocenters. The molecule has 0 spiro atoms. The van der Waals surface area contributed by atoms with Gasteiger partial charge in [0.15, 0.2) is 0 Å². The van der Waals surface area contributed by atoms with E-state index >= 15 is 0 Å². The van der Waals surface area contributed by atoms with Crippen LogP contribution in [-0.4, -0.2) is 22.7 Å². The molecule has 0 aliphatic rings. The minimum Gasteiger partial charge on any atom is -0.481 e. The molecule has 0 saturated heterocycles. The molecular weight excluding hydrogens is 346 g/mol. The Kier molecular flexibility index (Phi) is 6.86. The van der Waals surface area contributed by atoms with Crippen LogP contribution in [0.2, 0.25) is 0 Å². The van der Waals surface area contributed by atoms with Gasteiger partial charge in [-0.3, -0.25) is 9.59 Å². The van der Waals surface area contributed by atoms with Crippen LogP contribution in [0.25, 0.3) is 0 Å². The van der Waals surface area contributed by atoms with Gasteiger partial charge in [-0.15, -0.1) is 11.8 Å². The molecule has 0 radical (unpaired) electrons. The summed E-state index contributed by atoms with van der Waals surface area (Å²) in [6.45, 7) is 6.37. The van der Waals surface area contributed by atoms with E-state index in [2.05, 4.69) is 26.1 Å². The quantitative estimate of drug-likeness (QED) is 0.708. The van der Waals surface area contributed by atoms with Crippen LogP contribution in [0.1, 0.15) is 44.4 Å². The number of aliphatic carboxylic acids is 1. The van der Waals surface area contributed by atoms with Crippen molar-refractivity contribution < 1.29 is 14.7 Å². The fraction of sp³-hybridized carbons (Fsp3) is 0.333. The second-order valence-corrected chi connectivity index (χ2v) is 8.24. The highest BCUT2D eigenvalue weighted by atomic mass is 32.2. The molecule has 1 amide bonds. The molecule has 2 N–H and O–H groups in total. The Morgan fingerprint density at radius 3 is 2.19 bits per heavy atom. The number of carboxylic acid groups (broad SMARTS) is 1. The number of amides is 1. The van der Waals surface area contributed by atoms with Crippen LogP contribution in [-0.2, 0) is 15.0 Å². The van der Waals surface area contributed by atoms with Gasteiger partial charge in [0.05, 0.1) is 18.2 Å². The van der Waals surface area contributed by atoms with E-state index in [1.807, 2.05) is 54.6 Å². The minimum atomic E-state index is -0.939. The van der Waals surface area contributed by atoms with Crippen LogP contribution in [0, 0.1) is 0 Å². The molecule has 4 nitrogen and oxygen atoms in total. The number of rotatable bonds is 7. The molecule has 0 saturated carbocycles. The Morgan fingerprint density at radius 1 is 1.04 bits per heavy atom. The smallest absolute Gasteiger partial charge is 0.305 e. The lowest BCUT2D eigenvalue weighted by Gasteiger charge is -2.22. The summed E-state index contributed by atoms with van der Waals surface area (Å²) in [5.41, 5.74) is 2.00. The Balaban J connectivity index is 2.04. The number of carbonyl (C=O) groups is 2. The van der Waals surface area contributed by atoms with E-state index in [4.69, 9.17) is 0 Å². The third-order valence-electron chi connectivity index (χ3n) is 4.01. The number of carbonyl (C=O) groups excluding carboxylic acids is 1. The summed E-state index contributed by atoms with van der Waals surface area (Å²) in [6, 6.07) is 16.9. The fourth-order valence-corrected chi connectivity index (χ4v) is 3.27. The number of carboxylic acids is 1. The average Bonchev–Trinajstić information content (AvgIpc) is 2.59. The van der Waals surface area contributed by atoms with Gasteiger partial charge in [-0.05, 0) is 28.7 Å². The highest BCUT2D eigenvalue weighted by Crippen LogP contribution is 2.25. The van der Waals surface area contributed by atoms with E-state index in [1.54, 1.807) is 0 Å². The average molecular weight is 372 g/mol. The topological polar surface area (TPSA) is 66.4 Å². The molecule has 2 rings (SSSR count). The van der Waals surface area contributed by atoms with Crippen molar-refractivity contribution in [2.75, 3.05) is 5.75 Å². The maximum atomic E-state index is 12.3. The van der Waals surface area contributed by atoms with Crippen molar-refractivity contribution in [3.8, 4) is 0 Å². The fourth-order valence-electron chi connectivity index (χ4n) is 2.54. The second kappa shape index (κ2) is 8.90. The first-order valence-corrected chi connectivity index (χ1v) is 9.54. The van der Waals surface area contributed by atoms with Gasteiger partial charge in [0.1, 0.15) is 0 Å². The Hall–Kier alpha value is -2.27. The van der Waals surface area contributed by atoms with Gasteiger partial charge in [-0.1, -0.05) is 63.2 Å². The van der Waals surface area contributed by atoms with Gasteiger partial charge >= 0.3 is 5.97 Å². The summed E-state index contributed by atoms with van der Waals surface area (Å²) in [4.78, 5) is 24.5. The van der Waals surface area contributed by atoms with Crippen molar-refractivity contribution in [3.63, 3.8) is 0 Å². The molecule has 0 aliphatic heterocycles. The SMILES string of the molecule is CC(C)(C)c1ccc([C@@H](CC(=O)O)NC(=O)CSc2ccccc2)cc1. The monoisotopic (exact) mass is 371 g/mol. The highest BCUT2D eigenvalue weighted by Gasteiger charge is 2.20. The number of hydrogen-bond donors (Lipinski definition) is 2. The summed E-state index contributed by atoms with van der Waals surface area (Å²) in [6.07, 6.45) is -0.142. The van der Waals surface area contributed by atoms with E-state index in [9.17, 15) is 14.7 Å². The molecule has 138 valence electrons. The normalized spacial score (nSPS) is 12.4. The van der Waals surface area contributed by atoms with Crippen LogP contribution in [0.5, 0.6) is 0 Å². The van der Waals surface area contributed by atoms with Crippen LogP contribution in [0.4, 0.5) is 0 Å². The number of nitrogens with one attached hydrogen (secondary N) is 1. The van der Waals surface area contributed by atoms with Gasteiger partial charge in [-0.25, -0.2) is 0 Å². The second-order valence-electron chi connectivity index (χ2n) is 7.19. The van der Waals surface area contributed by atoms with Crippen LogP contribution >= 0.6 is 11.8 Å². The first-order valence-electron chi connectivity index (χ1n) is 8.55. The third kappa shape index (κ3) is 6.23. The number of benzene rings is 2. The highest BCUT2D eigenvalue weighted by molar-refractivity contribution is 8.00. The Morgan fingerprint density at radius 2 is 1.65 bits per heavy atom. The van der Waals surface area contributed by atoms with Crippen molar-refractivity contribution in [3.05, 3.63) is 65.7 Å². The predicted molar refractivity (Wildman–Crippen MR) is 105 cm³/mol. The van der Waals surface area contributed by atoms with Crippen molar-refractivity contribution in [1.82, 2.24) is 5.32 Å². The lowest BCUT2D eigenvalue weighted by atomic mass is 9.86. The van der Waals surface area contributed by atoms with Crippen LogP contribution < -0.4 is 5.32 Å². The minimum absolute atomic E-state index is 0.0242. The maximum Gasteiger partial charge on any atom is 0.305 e. The van der Waals surface area contributed by atoms with Gasteiger partial charge in [-0.2, -0.15) is 0 Å². The van der Waals surface area contributed by atoms with E-state index in [-0.39, 0.29) is 23.5 Å². The summed E-state index contributed by atoms with van der Waals surface area (Å²) < 4.78 is 0. The molecule has 0 aromatic heterocycles. The molecule has 26 heavy (non-hydrogen) atoms. The van der Waals surface area contributed by atoms with Crippen LogP contribution in [0.15, 0.2) is 59.5 Å². The first kappa shape index (κ1) is 20.0. The molecule has 2 aromatic rings. The summed E-state index contributed by atoms with van der Waals surface area (Å²) >= 11 is 1.43. The molecular formula is C21H25NO3S. The maximum absolute atomic E-state index is 12.3. The zero-order valence-corrected chi connectivity index (χ0v) is 16.2.